The lowest BCUT2D eigenvalue weighted by molar-refractivity contribution is -0.147. The van der Waals surface area contributed by atoms with Crippen molar-refractivity contribution in [1.29, 1.82) is 0 Å². The summed E-state index contributed by atoms with van der Waals surface area (Å²) >= 11 is 3.38. The predicted octanol–water partition coefficient (Wildman–Crippen LogP) is 3.38. The summed E-state index contributed by atoms with van der Waals surface area (Å²) in [4.78, 5) is 11.4. The van der Waals surface area contributed by atoms with Crippen LogP contribution in [-0.2, 0) is 4.79 Å². The van der Waals surface area contributed by atoms with Crippen molar-refractivity contribution in [2.24, 2.45) is 11.8 Å². The molecule has 5 heteroatoms. The number of aliphatic hydroxyl groups excluding tert-OH is 1. The van der Waals surface area contributed by atoms with Crippen molar-refractivity contribution in [2.45, 2.75) is 31.8 Å². The molecule has 1 aromatic rings. The highest BCUT2D eigenvalue weighted by molar-refractivity contribution is 9.10. The molecule has 3 unspecified atom stereocenters. The predicted molar refractivity (Wildman–Crippen MR) is 78.7 cm³/mol. The number of carboxylic acids is 1. The fraction of sp³-hybridized carbons (Fsp3) is 0.533. The molecule has 0 amide bonds. The normalized spacial score (nSPS) is 24.1. The Morgan fingerprint density at radius 1 is 1.40 bits per heavy atom. The van der Waals surface area contributed by atoms with Gasteiger partial charge in [-0.2, -0.15) is 0 Å². The van der Waals surface area contributed by atoms with E-state index in [1.165, 1.54) is 0 Å². The van der Waals surface area contributed by atoms with E-state index in [2.05, 4.69) is 15.9 Å². The smallest absolute Gasteiger partial charge is 0.306 e. The number of methoxy groups -OCH3 is 1. The molecular weight excluding hydrogens is 324 g/mol. The van der Waals surface area contributed by atoms with Crippen LogP contribution in [0, 0.1) is 11.8 Å². The molecule has 2 N–H and O–H groups in total. The highest BCUT2D eigenvalue weighted by Crippen LogP contribution is 2.42. The van der Waals surface area contributed by atoms with E-state index in [0.29, 0.717) is 17.7 Å². The molecule has 20 heavy (non-hydrogen) atoms. The summed E-state index contributed by atoms with van der Waals surface area (Å²) in [5.41, 5.74) is 0.653. The topological polar surface area (TPSA) is 66.8 Å². The van der Waals surface area contributed by atoms with E-state index in [-0.39, 0.29) is 5.92 Å². The molecule has 1 fully saturated rings. The first-order chi connectivity index (χ1) is 9.54. The quantitative estimate of drug-likeness (QED) is 0.880. The van der Waals surface area contributed by atoms with Gasteiger partial charge >= 0.3 is 5.97 Å². The number of benzene rings is 1. The van der Waals surface area contributed by atoms with Crippen molar-refractivity contribution in [3.05, 3.63) is 28.2 Å². The number of aliphatic hydroxyl groups is 1. The van der Waals surface area contributed by atoms with Crippen molar-refractivity contribution >= 4 is 21.9 Å². The van der Waals surface area contributed by atoms with Gasteiger partial charge in [0.25, 0.3) is 0 Å². The minimum Gasteiger partial charge on any atom is -0.496 e. The van der Waals surface area contributed by atoms with Gasteiger partial charge < -0.3 is 14.9 Å². The van der Waals surface area contributed by atoms with E-state index in [1.807, 2.05) is 6.07 Å². The lowest BCUT2D eigenvalue weighted by Gasteiger charge is -2.33. The van der Waals surface area contributed by atoms with Crippen LogP contribution in [0.1, 0.15) is 37.4 Å². The molecule has 1 saturated carbocycles. The first-order valence-electron chi connectivity index (χ1n) is 6.79. The molecule has 110 valence electrons. The number of hydrogen-bond acceptors (Lipinski definition) is 3. The van der Waals surface area contributed by atoms with E-state index in [9.17, 15) is 15.0 Å². The molecule has 1 aliphatic carbocycles. The van der Waals surface area contributed by atoms with Crippen LogP contribution in [0.4, 0.5) is 0 Å². The third-order valence-corrected chi connectivity index (χ3v) is 4.55. The Morgan fingerprint density at radius 3 is 2.75 bits per heavy atom. The summed E-state index contributed by atoms with van der Waals surface area (Å²) in [7, 11) is 1.55. The maximum atomic E-state index is 11.4. The Labute approximate surface area is 126 Å². The van der Waals surface area contributed by atoms with Crippen LogP contribution in [0.5, 0.6) is 5.75 Å². The maximum absolute atomic E-state index is 11.4. The summed E-state index contributed by atoms with van der Waals surface area (Å²) < 4.78 is 6.12. The van der Waals surface area contributed by atoms with E-state index in [0.717, 1.165) is 23.7 Å². The first-order valence-corrected chi connectivity index (χ1v) is 7.58. The molecular formula is C15H19BrO4. The Bertz CT molecular complexity index is 489. The molecule has 1 aromatic carbocycles. The van der Waals surface area contributed by atoms with Gasteiger partial charge in [0.1, 0.15) is 5.75 Å². The Morgan fingerprint density at radius 2 is 2.10 bits per heavy atom. The average molecular weight is 343 g/mol. The number of carbonyl (C=O) groups is 1. The number of carboxylic acid groups (broad SMARTS) is 1. The zero-order valence-electron chi connectivity index (χ0n) is 11.4. The fourth-order valence-corrected chi connectivity index (χ4v) is 3.39. The highest BCUT2D eigenvalue weighted by atomic mass is 79.9. The van der Waals surface area contributed by atoms with Crippen LogP contribution >= 0.6 is 15.9 Å². The number of hydrogen-bond donors (Lipinski definition) is 2. The molecule has 0 heterocycles. The molecule has 0 radical (unpaired) electrons. The van der Waals surface area contributed by atoms with Gasteiger partial charge in [-0.15, -0.1) is 0 Å². The van der Waals surface area contributed by atoms with Crippen molar-refractivity contribution in [3.63, 3.8) is 0 Å². The number of aliphatic carboxylic acids is 1. The van der Waals surface area contributed by atoms with E-state index < -0.39 is 18.0 Å². The largest absolute Gasteiger partial charge is 0.496 e. The summed E-state index contributed by atoms with van der Waals surface area (Å²) in [6.45, 7) is 0. The number of ether oxygens (including phenoxy) is 1. The standard InChI is InChI=1S/C15H19BrO4/c1-20-13-7-6-9(16)8-12(13)14(17)10-4-2-3-5-11(10)15(18)19/h6-8,10-11,14,17H,2-5H2,1H3,(H,18,19). The van der Waals surface area contributed by atoms with Crippen molar-refractivity contribution in [3.8, 4) is 5.75 Å². The van der Waals surface area contributed by atoms with Crippen LogP contribution in [0.2, 0.25) is 0 Å². The molecule has 0 bridgehead atoms. The minimum atomic E-state index is -0.817. The second-order valence-corrected chi connectivity index (χ2v) is 6.14. The lowest BCUT2D eigenvalue weighted by Crippen LogP contribution is -2.31. The zero-order chi connectivity index (χ0) is 14.7. The Hall–Kier alpha value is -1.07. The summed E-state index contributed by atoms with van der Waals surface area (Å²) in [5.74, 6) is -0.968. The van der Waals surface area contributed by atoms with Gasteiger partial charge in [-0.1, -0.05) is 28.8 Å². The monoisotopic (exact) mass is 342 g/mol. The van der Waals surface area contributed by atoms with Gasteiger partial charge in [-0.05, 0) is 31.0 Å². The van der Waals surface area contributed by atoms with Crippen molar-refractivity contribution in [2.75, 3.05) is 7.11 Å². The molecule has 0 aromatic heterocycles. The average Bonchev–Trinajstić information content (AvgIpc) is 2.46. The number of halogens is 1. The molecule has 0 aliphatic heterocycles. The molecule has 4 nitrogen and oxygen atoms in total. The molecule has 3 atom stereocenters. The van der Waals surface area contributed by atoms with Crippen LogP contribution in [0.3, 0.4) is 0 Å². The second kappa shape index (κ2) is 6.59. The maximum Gasteiger partial charge on any atom is 0.306 e. The summed E-state index contributed by atoms with van der Waals surface area (Å²) in [6.07, 6.45) is 2.42. The Balaban J connectivity index is 2.31. The SMILES string of the molecule is COc1ccc(Br)cc1C(O)C1CCCCC1C(=O)O. The van der Waals surface area contributed by atoms with Gasteiger partial charge in [0.2, 0.25) is 0 Å². The van der Waals surface area contributed by atoms with Gasteiger partial charge in [0.15, 0.2) is 0 Å². The fourth-order valence-electron chi connectivity index (χ4n) is 3.01. The molecule has 0 saturated heterocycles. The van der Waals surface area contributed by atoms with Gasteiger partial charge in [-0.25, -0.2) is 0 Å². The zero-order valence-corrected chi connectivity index (χ0v) is 13.0. The molecule has 2 rings (SSSR count). The van der Waals surface area contributed by atoms with Crippen LogP contribution in [0.25, 0.3) is 0 Å². The van der Waals surface area contributed by atoms with Crippen LogP contribution < -0.4 is 4.74 Å². The van der Waals surface area contributed by atoms with E-state index >= 15 is 0 Å². The summed E-state index contributed by atoms with van der Waals surface area (Å²) in [6, 6.07) is 5.42. The first kappa shape index (κ1) is 15.3. The highest BCUT2D eigenvalue weighted by Gasteiger charge is 2.37. The van der Waals surface area contributed by atoms with Crippen molar-refractivity contribution < 1.29 is 19.7 Å². The molecule has 0 spiro atoms. The van der Waals surface area contributed by atoms with E-state index in [4.69, 9.17) is 4.74 Å². The van der Waals surface area contributed by atoms with Gasteiger partial charge in [0, 0.05) is 16.0 Å². The minimum absolute atomic E-state index is 0.260. The van der Waals surface area contributed by atoms with E-state index in [1.54, 1.807) is 19.2 Å². The van der Waals surface area contributed by atoms with Crippen LogP contribution in [0.15, 0.2) is 22.7 Å². The number of rotatable bonds is 4. The third-order valence-electron chi connectivity index (χ3n) is 4.05. The second-order valence-electron chi connectivity index (χ2n) is 5.22. The van der Waals surface area contributed by atoms with Crippen molar-refractivity contribution in [1.82, 2.24) is 0 Å². The van der Waals surface area contributed by atoms with Gasteiger partial charge in [-0.3, -0.25) is 4.79 Å². The van der Waals surface area contributed by atoms with Crippen LogP contribution in [-0.4, -0.2) is 23.3 Å². The Kier molecular flexibility index (Phi) is 5.05. The molecule has 1 aliphatic rings. The lowest BCUT2D eigenvalue weighted by atomic mass is 9.74. The third kappa shape index (κ3) is 3.15. The summed E-state index contributed by atoms with van der Waals surface area (Å²) in [5, 5.41) is 20.0. The van der Waals surface area contributed by atoms with Gasteiger partial charge in [0.05, 0.1) is 19.1 Å².